The molecule has 5 atom stereocenters. The SMILES string of the molecule is COC(=O)c1cc(-n2nncc2CO[C@@H]2O[C@@H](COC(C)=O)[C@@H](OC(C)=O)[C@H](OC(C)=O)[C@@H]2NC(C)=O)ccc1O. The largest absolute Gasteiger partial charge is 0.507 e. The fourth-order valence-corrected chi connectivity index (χ4v) is 4.10. The molecule has 0 spiro atoms. The number of nitrogens with zero attached hydrogens (tertiary/aromatic N) is 3. The highest BCUT2D eigenvalue weighted by Gasteiger charge is 2.51. The van der Waals surface area contributed by atoms with Crippen LogP contribution in [0.5, 0.6) is 5.75 Å². The number of esters is 4. The van der Waals surface area contributed by atoms with Crippen LogP contribution in [-0.4, -0.2) is 94.2 Å². The molecule has 3 rings (SSSR count). The van der Waals surface area contributed by atoms with Crippen LogP contribution in [0, 0.1) is 0 Å². The van der Waals surface area contributed by atoms with Gasteiger partial charge in [0.05, 0.1) is 31.3 Å². The molecule has 1 aromatic heterocycles. The van der Waals surface area contributed by atoms with Crippen molar-refractivity contribution in [3.63, 3.8) is 0 Å². The Morgan fingerprint density at radius 2 is 1.71 bits per heavy atom. The van der Waals surface area contributed by atoms with Gasteiger partial charge in [-0.05, 0) is 18.2 Å². The maximum Gasteiger partial charge on any atom is 0.341 e. The summed E-state index contributed by atoms with van der Waals surface area (Å²) < 4.78 is 33.8. The van der Waals surface area contributed by atoms with E-state index in [1.807, 2.05) is 0 Å². The summed E-state index contributed by atoms with van der Waals surface area (Å²) in [5.41, 5.74) is 0.574. The molecule has 0 aliphatic carbocycles. The van der Waals surface area contributed by atoms with Crippen LogP contribution in [0.25, 0.3) is 5.69 Å². The first kappa shape index (κ1) is 31.0. The highest BCUT2D eigenvalue weighted by molar-refractivity contribution is 5.93. The Morgan fingerprint density at radius 1 is 1.02 bits per heavy atom. The lowest BCUT2D eigenvalue weighted by Crippen LogP contribution is -2.66. The number of nitrogens with one attached hydrogen (secondary N) is 1. The Morgan fingerprint density at radius 3 is 2.32 bits per heavy atom. The number of hydrogen-bond donors (Lipinski definition) is 2. The number of carbonyl (C=O) groups is 5. The van der Waals surface area contributed by atoms with Crippen molar-refractivity contribution in [2.75, 3.05) is 13.7 Å². The van der Waals surface area contributed by atoms with E-state index >= 15 is 0 Å². The average molecular weight is 579 g/mol. The van der Waals surface area contributed by atoms with Crippen LogP contribution in [0.15, 0.2) is 24.4 Å². The Bertz CT molecular complexity index is 1300. The average Bonchev–Trinajstić information content (AvgIpc) is 3.37. The molecule has 0 saturated carbocycles. The summed E-state index contributed by atoms with van der Waals surface area (Å²) in [5.74, 6) is -3.73. The molecule has 1 aliphatic heterocycles. The van der Waals surface area contributed by atoms with E-state index in [4.69, 9.17) is 23.7 Å². The fraction of sp³-hybridized carbons (Fsp3) is 0.480. The van der Waals surface area contributed by atoms with Crippen LogP contribution in [0.3, 0.4) is 0 Å². The standard InChI is InChI=1S/C25H30N4O12/c1-12(30)27-21-23(40-15(4)33)22(39-14(3)32)20(11-37-13(2)31)41-25(21)38-10-17-9-26-28-29(17)16-6-7-19(34)18(8-16)24(35)36-5/h6-9,20-23,25,34H,10-11H2,1-5H3,(H,27,30)/t20-,21-,22+,23+,25+/m0/s1. The van der Waals surface area contributed by atoms with E-state index in [0.717, 1.165) is 13.8 Å². The lowest BCUT2D eigenvalue weighted by molar-refractivity contribution is -0.280. The van der Waals surface area contributed by atoms with Crippen LogP contribution < -0.4 is 5.32 Å². The molecule has 1 fully saturated rings. The first-order valence-electron chi connectivity index (χ1n) is 12.2. The summed E-state index contributed by atoms with van der Waals surface area (Å²) in [6.45, 7) is 4.02. The quantitative estimate of drug-likeness (QED) is 0.280. The second-order valence-corrected chi connectivity index (χ2v) is 8.86. The normalized spacial score (nSPS) is 21.8. The predicted molar refractivity (Wildman–Crippen MR) is 133 cm³/mol. The molecule has 0 bridgehead atoms. The number of carbonyl (C=O) groups excluding carboxylic acids is 5. The van der Waals surface area contributed by atoms with Gasteiger partial charge in [0.2, 0.25) is 5.91 Å². The summed E-state index contributed by atoms with van der Waals surface area (Å²) in [4.78, 5) is 59.5. The monoisotopic (exact) mass is 578 g/mol. The van der Waals surface area contributed by atoms with Crippen molar-refractivity contribution in [3.05, 3.63) is 35.7 Å². The summed E-state index contributed by atoms with van der Waals surface area (Å²) in [6, 6.07) is 2.93. The number of benzene rings is 1. The van der Waals surface area contributed by atoms with Gasteiger partial charge in [-0.15, -0.1) is 5.10 Å². The second-order valence-electron chi connectivity index (χ2n) is 8.86. The summed E-state index contributed by atoms with van der Waals surface area (Å²) >= 11 is 0. The second kappa shape index (κ2) is 13.7. The molecule has 16 nitrogen and oxygen atoms in total. The van der Waals surface area contributed by atoms with Crippen molar-refractivity contribution in [3.8, 4) is 11.4 Å². The molecule has 222 valence electrons. The van der Waals surface area contributed by atoms with Gasteiger partial charge in [0.1, 0.15) is 30.1 Å². The zero-order valence-electron chi connectivity index (χ0n) is 22.9. The van der Waals surface area contributed by atoms with Crippen molar-refractivity contribution in [2.24, 2.45) is 0 Å². The molecule has 1 aromatic carbocycles. The summed E-state index contributed by atoms with van der Waals surface area (Å²) in [6.07, 6.45) is -3.66. The van der Waals surface area contributed by atoms with Gasteiger partial charge in [-0.2, -0.15) is 0 Å². The van der Waals surface area contributed by atoms with E-state index in [-0.39, 0.29) is 24.5 Å². The molecule has 1 amide bonds. The zero-order chi connectivity index (χ0) is 30.3. The Hall–Kier alpha value is -4.57. The third-order valence-corrected chi connectivity index (χ3v) is 5.72. The number of rotatable bonds is 10. The van der Waals surface area contributed by atoms with Crippen molar-refractivity contribution < 1.29 is 57.5 Å². The van der Waals surface area contributed by atoms with Gasteiger partial charge in [-0.25, -0.2) is 9.48 Å². The van der Waals surface area contributed by atoms with Crippen molar-refractivity contribution in [1.29, 1.82) is 0 Å². The first-order valence-corrected chi connectivity index (χ1v) is 12.2. The summed E-state index contributed by atoms with van der Waals surface area (Å²) in [5, 5.41) is 20.5. The molecular weight excluding hydrogens is 548 g/mol. The molecule has 1 aliphatic rings. The number of amides is 1. The molecule has 2 N–H and O–H groups in total. The molecule has 1 saturated heterocycles. The van der Waals surface area contributed by atoms with Gasteiger partial charge in [0.15, 0.2) is 18.5 Å². The van der Waals surface area contributed by atoms with E-state index in [0.29, 0.717) is 11.4 Å². The molecule has 0 unspecified atom stereocenters. The highest BCUT2D eigenvalue weighted by atomic mass is 16.7. The van der Waals surface area contributed by atoms with Gasteiger partial charge < -0.3 is 38.8 Å². The smallest absolute Gasteiger partial charge is 0.341 e. The van der Waals surface area contributed by atoms with Gasteiger partial charge in [0, 0.05) is 27.7 Å². The molecule has 2 aromatic rings. The topological polar surface area (TPSA) is 204 Å². The number of aromatic hydroxyl groups is 1. The lowest BCUT2D eigenvalue weighted by atomic mass is 9.96. The Kier molecular flexibility index (Phi) is 10.3. The molecule has 0 radical (unpaired) electrons. The molecule has 16 heteroatoms. The van der Waals surface area contributed by atoms with E-state index in [2.05, 4.69) is 20.4 Å². The minimum atomic E-state index is -1.32. The number of ether oxygens (including phenoxy) is 6. The van der Waals surface area contributed by atoms with Crippen LogP contribution in [0.4, 0.5) is 0 Å². The van der Waals surface area contributed by atoms with Gasteiger partial charge in [0.25, 0.3) is 0 Å². The van der Waals surface area contributed by atoms with Gasteiger partial charge >= 0.3 is 23.9 Å². The Balaban J connectivity index is 1.94. The van der Waals surface area contributed by atoms with Crippen LogP contribution in [0.2, 0.25) is 0 Å². The molecular formula is C25H30N4O12. The number of phenols is 1. The fourth-order valence-electron chi connectivity index (χ4n) is 4.10. The van der Waals surface area contributed by atoms with E-state index in [9.17, 15) is 29.1 Å². The lowest BCUT2D eigenvalue weighted by Gasteiger charge is -2.44. The number of aromatic nitrogens is 3. The highest BCUT2D eigenvalue weighted by Crippen LogP contribution is 2.29. The van der Waals surface area contributed by atoms with Crippen LogP contribution >= 0.6 is 0 Å². The maximum absolute atomic E-state index is 12.1. The predicted octanol–water partition coefficient (Wildman–Crippen LogP) is -0.0678. The third kappa shape index (κ3) is 7.98. The minimum absolute atomic E-state index is 0.109. The van der Waals surface area contributed by atoms with E-state index < -0.39 is 60.4 Å². The third-order valence-electron chi connectivity index (χ3n) is 5.72. The minimum Gasteiger partial charge on any atom is -0.507 e. The first-order chi connectivity index (χ1) is 19.4. The van der Waals surface area contributed by atoms with Gasteiger partial charge in [-0.1, -0.05) is 5.21 Å². The maximum atomic E-state index is 12.1. The number of phenolic OH excluding ortho intramolecular Hbond substituents is 1. The van der Waals surface area contributed by atoms with Crippen LogP contribution in [0.1, 0.15) is 43.7 Å². The number of methoxy groups -OCH3 is 1. The van der Waals surface area contributed by atoms with Gasteiger partial charge in [-0.3, -0.25) is 19.2 Å². The van der Waals surface area contributed by atoms with Crippen molar-refractivity contribution in [1.82, 2.24) is 20.3 Å². The molecule has 2 heterocycles. The van der Waals surface area contributed by atoms with Crippen LogP contribution in [-0.2, 0) is 54.2 Å². The Labute approximate surface area is 233 Å². The van der Waals surface area contributed by atoms with Crippen molar-refractivity contribution >= 4 is 29.8 Å². The van der Waals surface area contributed by atoms with E-state index in [1.54, 1.807) is 0 Å². The summed E-state index contributed by atoms with van der Waals surface area (Å²) in [7, 11) is 1.17. The van der Waals surface area contributed by atoms with Crippen molar-refractivity contribution in [2.45, 2.75) is 64.9 Å². The number of hydrogen-bond acceptors (Lipinski definition) is 14. The van der Waals surface area contributed by atoms with E-state index in [1.165, 1.54) is 50.0 Å². The molecule has 41 heavy (non-hydrogen) atoms. The zero-order valence-corrected chi connectivity index (χ0v) is 22.9.